The van der Waals surface area contributed by atoms with Gasteiger partial charge >= 0.3 is 0 Å². The number of rotatable bonds is 3. The largest absolute Gasteiger partial charge is 0.372 e. The molecule has 14 heavy (non-hydrogen) atoms. The SMILES string of the molecule is CNc1c(Br)c(C2CC2)nn1C(C)C. The van der Waals surface area contributed by atoms with E-state index in [1.54, 1.807) is 0 Å². The summed E-state index contributed by atoms with van der Waals surface area (Å²) in [5.41, 5.74) is 1.23. The highest BCUT2D eigenvalue weighted by Gasteiger charge is 2.31. The number of aromatic nitrogens is 2. The molecule has 1 aliphatic carbocycles. The molecule has 1 aromatic rings. The van der Waals surface area contributed by atoms with Crippen LogP contribution in [0.25, 0.3) is 0 Å². The summed E-state index contributed by atoms with van der Waals surface area (Å²) in [5.74, 6) is 1.79. The van der Waals surface area contributed by atoms with E-state index in [0.29, 0.717) is 12.0 Å². The van der Waals surface area contributed by atoms with Crippen molar-refractivity contribution in [3.63, 3.8) is 0 Å². The van der Waals surface area contributed by atoms with Crippen LogP contribution < -0.4 is 5.32 Å². The van der Waals surface area contributed by atoms with Crippen molar-refractivity contribution in [3.05, 3.63) is 10.2 Å². The highest BCUT2D eigenvalue weighted by Crippen LogP contribution is 2.45. The molecule has 3 nitrogen and oxygen atoms in total. The molecule has 1 saturated carbocycles. The Bertz CT molecular complexity index is 339. The molecule has 0 amide bonds. The Morgan fingerprint density at radius 2 is 2.14 bits per heavy atom. The second kappa shape index (κ2) is 3.57. The molecule has 0 spiro atoms. The molecule has 0 radical (unpaired) electrons. The Hall–Kier alpha value is -0.510. The standard InChI is InChI=1S/C10H16BrN3/c1-6(2)14-10(12-3)8(11)9(13-14)7-4-5-7/h6-7,12H,4-5H2,1-3H3. The Balaban J connectivity index is 2.43. The lowest BCUT2D eigenvalue weighted by atomic mass is 10.3. The minimum Gasteiger partial charge on any atom is -0.372 e. The van der Waals surface area contributed by atoms with Crippen LogP contribution >= 0.6 is 15.9 Å². The van der Waals surface area contributed by atoms with E-state index in [-0.39, 0.29) is 0 Å². The first-order valence-corrected chi connectivity index (χ1v) is 5.90. The lowest BCUT2D eigenvalue weighted by molar-refractivity contribution is 0.533. The monoisotopic (exact) mass is 257 g/mol. The van der Waals surface area contributed by atoms with Gasteiger partial charge < -0.3 is 5.32 Å². The maximum atomic E-state index is 4.65. The normalized spacial score (nSPS) is 16.4. The molecule has 2 rings (SSSR count). The first-order valence-electron chi connectivity index (χ1n) is 5.10. The minimum atomic E-state index is 0.404. The van der Waals surface area contributed by atoms with Gasteiger partial charge in [0, 0.05) is 19.0 Å². The average Bonchev–Trinajstić information content (AvgIpc) is 2.90. The fourth-order valence-corrected chi connectivity index (χ4v) is 2.43. The van der Waals surface area contributed by atoms with Gasteiger partial charge in [0.15, 0.2) is 0 Å². The van der Waals surface area contributed by atoms with Crippen LogP contribution in [0.2, 0.25) is 0 Å². The van der Waals surface area contributed by atoms with Crippen molar-refractivity contribution >= 4 is 21.7 Å². The number of halogens is 1. The third-order valence-corrected chi connectivity index (χ3v) is 3.35. The number of hydrogen-bond donors (Lipinski definition) is 1. The van der Waals surface area contributed by atoms with Crippen LogP contribution in [-0.4, -0.2) is 16.8 Å². The summed E-state index contributed by atoms with van der Waals surface area (Å²) in [6.07, 6.45) is 2.58. The van der Waals surface area contributed by atoms with Crippen molar-refractivity contribution in [2.45, 2.75) is 38.6 Å². The fraction of sp³-hybridized carbons (Fsp3) is 0.700. The molecule has 0 aliphatic heterocycles. The molecule has 1 aliphatic rings. The number of hydrogen-bond acceptors (Lipinski definition) is 2. The lowest BCUT2D eigenvalue weighted by Gasteiger charge is -2.09. The van der Waals surface area contributed by atoms with Crippen molar-refractivity contribution in [2.75, 3.05) is 12.4 Å². The average molecular weight is 258 g/mol. The first kappa shape index (κ1) is 10.0. The lowest BCUT2D eigenvalue weighted by Crippen LogP contribution is -2.07. The first-order chi connectivity index (χ1) is 6.65. The van der Waals surface area contributed by atoms with Gasteiger partial charge in [0.05, 0.1) is 10.2 Å². The van der Waals surface area contributed by atoms with E-state index >= 15 is 0 Å². The van der Waals surface area contributed by atoms with Crippen LogP contribution in [0.1, 0.15) is 44.3 Å². The van der Waals surface area contributed by atoms with E-state index in [2.05, 4.69) is 44.9 Å². The summed E-state index contributed by atoms with van der Waals surface area (Å²) >= 11 is 3.63. The second-order valence-electron chi connectivity index (χ2n) is 4.11. The maximum absolute atomic E-state index is 4.65. The molecule has 0 saturated heterocycles. The summed E-state index contributed by atoms with van der Waals surface area (Å²) < 4.78 is 3.20. The molecular formula is C10H16BrN3. The van der Waals surface area contributed by atoms with Crippen molar-refractivity contribution in [3.8, 4) is 0 Å². The molecular weight excluding hydrogens is 242 g/mol. The number of nitrogens with zero attached hydrogens (tertiary/aromatic N) is 2. The van der Waals surface area contributed by atoms with Crippen LogP contribution in [0, 0.1) is 0 Å². The van der Waals surface area contributed by atoms with Crippen LogP contribution in [0.15, 0.2) is 4.47 Å². The van der Waals surface area contributed by atoms with Crippen LogP contribution in [0.5, 0.6) is 0 Å². The van der Waals surface area contributed by atoms with E-state index < -0.39 is 0 Å². The van der Waals surface area contributed by atoms with Gasteiger partial charge in [-0.3, -0.25) is 0 Å². The Labute approximate surface area is 93.0 Å². The topological polar surface area (TPSA) is 29.9 Å². The molecule has 0 atom stereocenters. The number of anilines is 1. The van der Waals surface area contributed by atoms with E-state index in [1.807, 2.05) is 7.05 Å². The summed E-state index contributed by atoms with van der Waals surface area (Å²) in [6.45, 7) is 4.30. The third-order valence-electron chi connectivity index (χ3n) is 2.57. The zero-order valence-corrected chi connectivity index (χ0v) is 10.4. The molecule has 1 aromatic heterocycles. The Morgan fingerprint density at radius 1 is 1.50 bits per heavy atom. The summed E-state index contributed by atoms with van der Waals surface area (Å²) in [7, 11) is 1.94. The summed E-state index contributed by atoms with van der Waals surface area (Å²) in [4.78, 5) is 0. The summed E-state index contributed by atoms with van der Waals surface area (Å²) in [5, 5.41) is 7.85. The van der Waals surface area contributed by atoms with Crippen LogP contribution in [-0.2, 0) is 0 Å². The van der Waals surface area contributed by atoms with E-state index in [4.69, 9.17) is 0 Å². The van der Waals surface area contributed by atoms with Gasteiger partial charge in [-0.25, -0.2) is 4.68 Å². The molecule has 78 valence electrons. The van der Waals surface area contributed by atoms with Gasteiger partial charge in [-0.1, -0.05) is 0 Å². The highest BCUT2D eigenvalue weighted by molar-refractivity contribution is 9.10. The van der Waals surface area contributed by atoms with Gasteiger partial charge in [-0.2, -0.15) is 5.10 Å². The molecule has 1 heterocycles. The smallest absolute Gasteiger partial charge is 0.139 e. The highest BCUT2D eigenvalue weighted by atomic mass is 79.9. The number of nitrogens with one attached hydrogen (secondary N) is 1. The second-order valence-corrected chi connectivity index (χ2v) is 4.90. The molecule has 0 unspecified atom stereocenters. The molecule has 4 heteroatoms. The fourth-order valence-electron chi connectivity index (χ4n) is 1.65. The quantitative estimate of drug-likeness (QED) is 0.902. The van der Waals surface area contributed by atoms with E-state index in [0.717, 1.165) is 10.3 Å². The predicted octanol–water partition coefficient (Wildman–Crippen LogP) is 3.15. The Kier molecular flexibility index (Phi) is 2.56. The van der Waals surface area contributed by atoms with Crippen molar-refractivity contribution in [1.29, 1.82) is 0 Å². The predicted molar refractivity (Wildman–Crippen MR) is 61.8 cm³/mol. The van der Waals surface area contributed by atoms with E-state index in [9.17, 15) is 0 Å². The third kappa shape index (κ3) is 1.56. The maximum Gasteiger partial charge on any atom is 0.139 e. The van der Waals surface area contributed by atoms with Gasteiger partial charge in [0.2, 0.25) is 0 Å². The van der Waals surface area contributed by atoms with Gasteiger partial charge in [-0.05, 0) is 42.6 Å². The molecule has 0 aromatic carbocycles. The zero-order chi connectivity index (χ0) is 10.3. The van der Waals surface area contributed by atoms with Gasteiger partial charge in [-0.15, -0.1) is 0 Å². The Morgan fingerprint density at radius 3 is 2.50 bits per heavy atom. The van der Waals surface area contributed by atoms with Gasteiger partial charge in [0.1, 0.15) is 5.82 Å². The van der Waals surface area contributed by atoms with Crippen LogP contribution in [0.3, 0.4) is 0 Å². The molecule has 1 N–H and O–H groups in total. The zero-order valence-electron chi connectivity index (χ0n) is 8.84. The van der Waals surface area contributed by atoms with Crippen molar-refractivity contribution < 1.29 is 0 Å². The molecule has 1 fully saturated rings. The van der Waals surface area contributed by atoms with Gasteiger partial charge in [0.25, 0.3) is 0 Å². The van der Waals surface area contributed by atoms with Crippen LogP contribution in [0.4, 0.5) is 5.82 Å². The minimum absolute atomic E-state index is 0.404. The van der Waals surface area contributed by atoms with Crippen molar-refractivity contribution in [1.82, 2.24) is 9.78 Å². The molecule has 0 bridgehead atoms. The summed E-state index contributed by atoms with van der Waals surface area (Å²) in [6, 6.07) is 0.404. The van der Waals surface area contributed by atoms with Crippen molar-refractivity contribution in [2.24, 2.45) is 0 Å². The van der Waals surface area contributed by atoms with E-state index in [1.165, 1.54) is 18.5 Å².